The van der Waals surface area contributed by atoms with E-state index >= 15 is 0 Å². The van der Waals surface area contributed by atoms with Crippen LogP contribution in [0.4, 0.5) is 0 Å². The summed E-state index contributed by atoms with van der Waals surface area (Å²) in [5, 5.41) is 0. The fourth-order valence-corrected chi connectivity index (χ4v) is 3.97. The largest absolute Gasteiger partial charge is 0.457 e. The van der Waals surface area contributed by atoms with Crippen molar-refractivity contribution in [1.29, 1.82) is 0 Å². The van der Waals surface area contributed by atoms with Crippen molar-refractivity contribution >= 4 is 11.9 Å². The first-order chi connectivity index (χ1) is 15.4. The van der Waals surface area contributed by atoms with Crippen LogP contribution < -0.4 is 0 Å². The zero-order chi connectivity index (χ0) is 23.1. The van der Waals surface area contributed by atoms with Gasteiger partial charge >= 0.3 is 11.9 Å². The fraction of sp³-hybridized carbons (Fsp3) is 0.259. The maximum Gasteiger partial charge on any atom is 0.336 e. The molecule has 1 heterocycles. The van der Waals surface area contributed by atoms with Crippen molar-refractivity contribution in [2.24, 2.45) is 5.92 Å². The second-order valence-electron chi connectivity index (χ2n) is 7.74. The Morgan fingerprint density at radius 3 is 1.62 bits per heavy atom. The highest BCUT2D eigenvalue weighted by atomic mass is 16.5. The third-order valence-corrected chi connectivity index (χ3v) is 5.63. The van der Waals surface area contributed by atoms with Gasteiger partial charge in [0, 0.05) is 23.9 Å². The van der Waals surface area contributed by atoms with Crippen LogP contribution in [0.15, 0.2) is 95.9 Å². The van der Waals surface area contributed by atoms with E-state index in [9.17, 15) is 9.59 Å². The highest BCUT2D eigenvalue weighted by Crippen LogP contribution is 2.36. The zero-order valence-corrected chi connectivity index (χ0v) is 18.8. The highest BCUT2D eigenvalue weighted by molar-refractivity contribution is 5.97. The highest BCUT2D eigenvalue weighted by Gasteiger charge is 2.36. The molecular formula is C27H29NO4. The standard InChI is InChI=1S/C27H29NO4/c1-5-16-28-20(3)24(26(29)31-17-22-12-8-6-9-13-22)19(2)25(21(28)4)27(30)32-18-23-14-10-7-11-15-23/h5-15,19H,1,16-18H2,2-4H3. The molecule has 0 unspecified atom stereocenters. The van der Waals surface area contributed by atoms with Gasteiger partial charge in [-0.2, -0.15) is 0 Å². The normalized spacial score (nSPS) is 14.4. The van der Waals surface area contributed by atoms with Gasteiger partial charge in [0.05, 0.1) is 11.1 Å². The summed E-state index contributed by atoms with van der Waals surface area (Å²) >= 11 is 0. The molecule has 5 nitrogen and oxygen atoms in total. The van der Waals surface area contributed by atoms with E-state index in [1.807, 2.05) is 86.3 Å². The molecule has 0 radical (unpaired) electrons. The van der Waals surface area contributed by atoms with Crippen LogP contribution in [-0.4, -0.2) is 23.4 Å². The first-order valence-electron chi connectivity index (χ1n) is 10.7. The molecule has 32 heavy (non-hydrogen) atoms. The molecule has 5 heteroatoms. The van der Waals surface area contributed by atoms with Crippen LogP contribution in [0.1, 0.15) is 31.9 Å². The van der Waals surface area contributed by atoms with Crippen molar-refractivity contribution in [2.75, 3.05) is 6.54 Å². The Bertz CT molecular complexity index is 958. The Balaban J connectivity index is 1.83. The number of benzene rings is 2. The molecule has 0 saturated carbocycles. The predicted octanol–water partition coefficient (Wildman–Crippen LogP) is 5.16. The molecule has 0 amide bonds. The van der Waals surface area contributed by atoms with Gasteiger partial charge in [-0.1, -0.05) is 73.7 Å². The number of hydrogen-bond donors (Lipinski definition) is 0. The lowest BCUT2D eigenvalue weighted by Gasteiger charge is -2.36. The number of hydrogen-bond acceptors (Lipinski definition) is 5. The van der Waals surface area contributed by atoms with E-state index in [1.54, 1.807) is 6.08 Å². The third kappa shape index (κ3) is 5.17. The van der Waals surface area contributed by atoms with Crippen molar-refractivity contribution in [3.63, 3.8) is 0 Å². The van der Waals surface area contributed by atoms with Gasteiger partial charge in [-0.15, -0.1) is 6.58 Å². The molecule has 0 N–H and O–H groups in total. The van der Waals surface area contributed by atoms with Crippen molar-refractivity contribution in [3.8, 4) is 0 Å². The van der Waals surface area contributed by atoms with Gasteiger partial charge in [-0.3, -0.25) is 0 Å². The lowest BCUT2D eigenvalue weighted by atomic mass is 9.86. The van der Waals surface area contributed by atoms with E-state index in [0.717, 1.165) is 22.5 Å². The van der Waals surface area contributed by atoms with Gasteiger partial charge in [0.1, 0.15) is 13.2 Å². The van der Waals surface area contributed by atoms with E-state index in [1.165, 1.54) is 0 Å². The van der Waals surface area contributed by atoms with Crippen molar-refractivity contribution in [2.45, 2.75) is 34.0 Å². The quantitative estimate of drug-likeness (QED) is 0.427. The lowest BCUT2D eigenvalue weighted by molar-refractivity contribution is -0.142. The minimum Gasteiger partial charge on any atom is -0.457 e. The van der Waals surface area contributed by atoms with Gasteiger partial charge < -0.3 is 14.4 Å². The van der Waals surface area contributed by atoms with Crippen LogP contribution >= 0.6 is 0 Å². The SMILES string of the molecule is C=CCN1C(C)=C(C(=O)OCc2ccccc2)C(C)C(C(=O)OCc2ccccc2)=C1C. The molecule has 2 aromatic carbocycles. The fourth-order valence-electron chi connectivity index (χ4n) is 3.97. The molecule has 2 aromatic rings. The summed E-state index contributed by atoms with van der Waals surface area (Å²) in [6, 6.07) is 19.0. The van der Waals surface area contributed by atoms with E-state index in [2.05, 4.69) is 6.58 Å². The van der Waals surface area contributed by atoms with Crippen molar-refractivity contribution < 1.29 is 19.1 Å². The molecule has 0 spiro atoms. The molecule has 1 aliphatic heterocycles. The van der Waals surface area contributed by atoms with Crippen LogP contribution in [0.5, 0.6) is 0 Å². The molecule has 166 valence electrons. The van der Waals surface area contributed by atoms with Gasteiger partial charge in [0.15, 0.2) is 0 Å². The van der Waals surface area contributed by atoms with E-state index < -0.39 is 17.9 Å². The molecule has 0 bridgehead atoms. The first kappa shape index (κ1) is 23.1. The second kappa shape index (κ2) is 10.6. The van der Waals surface area contributed by atoms with Crippen LogP contribution in [0.2, 0.25) is 0 Å². The van der Waals surface area contributed by atoms with Crippen LogP contribution in [0, 0.1) is 5.92 Å². The maximum absolute atomic E-state index is 13.1. The Morgan fingerprint density at radius 1 is 0.844 bits per heavy atom. The number of nitrogens with zero attached hydrogens (tertiary/aromatic N) is 1. The van der Waals surface area contributed by atoms with Gasteiger partial charge in [-0.05, 0) is 25.0 Å². The van der Waals surface area contributed by atoms with Gasteiger partial charge in [0.2, 0.25) is 0 Å². The topological polar surface area (TPSA) is 55.8 Å². The molecular weight excluding hydrogens is 402 g/mol. The Hall–Kier alpha value is -3.60. The summed E-state index contributed by atoms with van der Waals surface area (Å²) in [4.78, 5) is 28.1. The van der Waals surface area contributed by atoms with Crippen molar-refractivity contribution in [1.82, 2.24) is 4.90 Å². The van der Waals surface area contributed by atoms with Crippen LogP contribution in [-0.2, 0) is 32.3 Å². The second-order valence-corrected chi connectivity index (χ2v) is 7.74. The molecule has 0 atom stereocenters. The summed E-state index contributed by atoms with van der Waals surface area (Å²) in [7, 11) is 0. The Labute approximate surface area is 189 Å². The Morgan fingerprint density at radius 2 is 1.25 bits per heavy atom. The first-order valence-corrected chi connectivity index (χ1v) is 10.7. The van der Waals surface area contributed by atoms with E-state index in [0.29, 0.717) is 17.7 Å². The number of carbonyl (C=O) groups excluding carboxylic acids is 2. The molecule has 0 saturated heterocycles. The summed E-state index contributed by atoms with van der Waals surface area (Å²) in [6.45, 7) is 10.2. The number of esters is 2. The summed E-state index contributed by atoms with van der Waals surface area (Å²) in [6.07, 6.45) is 1.74. The average molecular weight is 432 g/mol. The van der Waals surface area contributed by atoms with Gasteiger partial charge in [-0.25, -0.2) is 9.59 Å². The third-order valence-electron chi connectivity index (χ3n) is 5.63. The minimum absolute atomic E-state index is 0.168. The molecule has 3 rings (SSSR count). The molecule has 0 aromatic heterocycles. The monoisotopic (exact) mass is 431 g/mol. The molecule has 1 aliphatic rings. The van der Waals surface area contributed by atoms with E-state index in [4.69, 9.17) is 9.47 Å². The van der Waals surface area contributed by atoms with Crippen LogP contribution in [0.3, 0.4) is 0 Å². The summed E-state index contributed by atoms with van der Waals surface area (Å²) in [5.74, 6) is -1.33. The zero-order valence-electron chi connectivity index (χ0n) is 18.8. The number of carbonyl (C=O) groups is 2. The summed E-state index contributed by atoms with van der Waals surface area (Å²) in [5.41, 5.74) is 4.24. The van der Waals surface area contributed by atoms with Crippen LogP contribution in [0.25, 0.3) is 0 Å². The average Bonchev–Trinajstić information content (AvgIpc) is 2.80. The number of rotatable bonds is 8. The minimum atomic E-state index is -0.456. The maximum atomic E-state index is 13.1. The van der Waals surface area contributed by atoms with Gasteiger partial charge in [0.25, 0.3) is 0 Å². The lowest BCUT2D eigenvalue weighted by Crippen LogP contribution is -2.35. The Kier molecular flexibility index (Phi) is 7.66. The summed E-state index contributed by atoms with van der Waals surface area (Å²) < 4.78 is 11.2. The smallest absolute Gasteiger partial charge is 0.336 e. The molecule has 0 aliphatic carbocycles. The number of allylic oxidation sites excluding steroid dienone is 2. The molecule has 0 fully saturated rings. The van der Waals surface area contributed by atoms with E-state index in [-0.39, 0.29) is 13.2 Å². The van der Waals surface area contributed by atoms with Crippen molar-refractivity contribution in [3.05, 3.63) is 107 Å². The predicted molar refractivity (Wildman–Crippen MR) is 124 cm³/mol. The number of ether oxygens (including phenoxy) is 2.